The second kappa shape index (κ2) is 5.51. The highest BCUT2D eigenvalue weighted by molar-refractivity contribution is 9.10. The highest BCUT2D eigenvalue weighted by Gasteiger charge is 2.45. The summed E-state index contributed by atoms with van der Waals surface area (Å²) < 4.78 is 9.10. The van der Waals surface area contributed by atoms with Crippen molar-refractivity contribution in [2.24, 2.45) is 0 Å². The maximum Gasteiger partial charge on any atom is 0.165 e. The van der Waals surface area contributed by atoms with Crippen molar-refractivity contribution in [2.45, 2.75) is 24.5 Å². The van der Waals surface area contributed by atoms with E-state index in [2.05, 4.69) is 32.0 Å². The second-order valence-corrected chi connectivity index (χ2v) is 6.23. The van der Waals surface area contributed by atoms with Crippen molar-refractivity contribution in [3.63, 3.8) is 0 Å². The summed E-state index contributed by atoms with van der Waals surface area (Å²) >= 11 is 3.36. The Morgan fingerprint density at radius 1 is 1.29 bits per heavy atom. The van der Waals surface area contributed by atoms with E-state index >= 15 is 0 Å². The summed E-state index contributed by atoms with van der Waals surface area (Å²) in [7, 11) is 0. The molecule has 3 aromatic rings. The standard InChI is InChI=1S/C14H12BrN5O4/c15-11-6(3-16)8-12-17-1-2-19(12)5-18-13(8)20(11)14-10(23)9(22)7(4-21)24-14/h1-2,5,7,9-10,14,21-23H,4H2/t7-,9-,10-,14-/m1/s1. The molecule has 0 unspecified atom stereocenters. The number of aliphatic hydroxyl groups excluding tert-OH is 3. The SMILES string of the molecule is N#Cc1c(Br)n([C@@H]2O[C@H](CO)[C@@H](O)[C@H]2O)c2ncn3ccnc3c12. The van der Waals surface area contributed by atoms with E-state index in [0.717, 1.165) is 0 Å². The van der Waals surface area contributed by atoms with E-state index < -0.39 is 31.1 Å². The van der Waals surface area contributed by atoms with Crippen LogP contribution in [0.3, 0.4) is 0 Å². The number of rotatable bonds is 2. The third kappa shape index (κ3) is 1.93. The number of nitriles is 1. The van der Waals surface area contributed by atoms with Gasteiger partial charge in [-0.05, 0) is 15.9 Å². The van der Waals surface area contributed by atoms with Gasteiger partial charge in [0.2, 0.25) is 0 Å². The average molecular weight is 394 g/mol. The first kappa shape index (κ1) is 15.5. The molecule has 1 saturated heterocycles. The number of nitrogens with zero attached hydrogens (tertiary/aromatic N) is 5. The quantitative estimate of drug-likeness (QED) is 0.555. The number of ether oxygens (including phenoxy) is 1. The lowest BCUT2D eigenvalue weighted by atomic mass is 10.1. The first-order valence-electron chi connectivity index (χ1n) is 7.12. The molecule has 0 bridgehead atoms. The molecule has 0 aromatic carbocycles. The Morgan fingerprint density at radius 3 is 2.75 bits per heavy atom. The number of aliphatic hydroxyl groups is 3. The van der Waals surface area contributed by atoms with Gasteiger partial charge >= 0.3 is 0 Å². The van der Waals surface area contributed by atoms with Gasteiger partial charge in [0.25, 0.3) is 0 Å². The van der Waals surface area contributed by atoms with Crippen LogP contribution in [-0.4, -0.2) is 59.2 Å². The average Bonchev–Trinajstić information content (AvgIpc) is 3.23. The third-order valence-corrected chi connectivity index (χ3v) is 4.98. The fraction of sp³-hybridized carbons (Fsp3) is 0.357. The van der Waals surface area contributed by atoms with Gasteiger partial charge in [-0.2, -0.15) is 5.26 Å². The maximum atomic E-state index is 10.3. The van der Waals surface area contributed by atoms with Crippen LogP contribution in [0, 0.1) is 11.3 Å². The molecule has 0 saturated carbocycles. The molecule has 3 N–H and O–H groups in total. The molecular formula is C14H12BrN5O4. The van der Waals surface area contributed by atoms with E-state index in [1.54, 1.807) is 16.8 Å². The Kier molecular flexibility index (Phi) is 3.56. The van der Waals surface area contributed by atoms with Gasteiger partial charge in [0.1, 0.15) is 46.6 Å². The number of hydrogen-bond acceptors (Lipinski definition) is 7. The van der Waals surface area contributed by atoms with Crippen LogP contribution in [0.2, 0.25) is 0 Å². The van der Waals surface area contributed by atoms with Gasteiger partial charge in [-0.25, -0.2) is 9.97 Å². The van der Waals surface area contributed by atoms with Crippen molar-refractivity contribution in [2.75, 3.05) is 6.61 Å². The van der Waals surface area contributed by atoms with Crippen LogP contribution < -0.4 is 0 Å². The van der Waals surface area contributed by atoms with Gasteiger partial charge in [-0.3, -0.25) is 8.97 Å². The summed E-state index contributed by atoms with van der Waals surface area (Å²) in [6, 6.07) is 2.11. The normalized spacial score (nSPS) is 27.1. The lowest BCUT2D eigenvalue weighted by molar-refractivity contribution is -0.0518. The molecule has 1 aliphatic rings. The lowest BCUT2D eigenvalue weighted by Crippen LogP contribution is -2.33. The van der Waals surface area contributed by atoms with Crippen molar-refractivity contribution < 1.29 is 20.1 Å². The van der Waals surface area contributed by atoms with Crippen molar-refractivity contribution in [3.05, 3.63) is 28.9 Å². The van der Waals surface area contributed by atoms with Crippen molar-refractivity contribution in [1.29, 1.82) is 5.26 Å². The molecule has 0 spiro atoms. The highest BCUT2D eigenvalue weighted by Crippen LogP contribution is 2.38. The lowest BCUT2D eigenvalue weighted by Gasteiger charge is -2.18. The fourth-order valence-corrected chi connectivity index (χ4v) is 3.69. The number of aromatic nitrogens is 4. The maximum absolute atomic E-state index is 10.3. The molecule has 4 heterocycles. The molecule has 10 heteroatoms. The summed E-state index contributed by atoms with van der Waals surface area (Å²) in [4.78, 5) is 8.58. The smallest absolute Gasteiger partial charge is 0.165 e. The summed E-state index contributed by atoms with van der Waals surface area (Å²) in [5.41, 5.74) is 1.22. The van der Waals surface area contributed by atoms with E-state index in [9.17, 15) is 20.6 Å². The molecule has 3 aromatic heterocycles. The van der Waals surface area contributed by atoms with Crippen LogP contribution in [0.4, 0.5) is 0 Å². The van der Waals surface area contributed by atoms with Gasteiger partial charge in [0.05, 0.1) is 17.6 Å². The number of fused-ring (bicyclic) bond motifs is 3. The summed E-state index contributed by atoms with van der Waals surface area (Å²) in [6.45, 7) is -0.436. The molecule has 4 rings (SSSR count). The molecule has 1 aliphatic heterocycles. The first-order chi connectivity index (χ1) is 11.6. The highest BCUT2D eigenvalue weighted by atomic mass is 79.9. The topological polar surface area (TPSA) is 129 Å². The summed E-state index contributed by atoms with van der Waals surface area (Å²) in [5.74, 6) is 0. The molecule has 124 valence electrons. The Balaban J connectivity index is 2.00. The molecule has 9 nitrogen and oxygen atoms in total. The monoisotopic (exact) mass is 393 g/mol. The van der Waals surface area contributed by atoms with Gasteiger partial charge in [-0.15, -0.1) is 0 Å². The zero-order valence-electron chi connectivity index (χ0n) is 12.1. The van der Waals surface area contributed by atoms with Gasteiger partial charge in [-0.1, -0.05) is 0 Å². The Morgan fingerprint density at radius 2 is 2.08 bits per heavy atom. The van der Waals surface area contributed by atoms with Crippen molar-refractivity contribution >= 4 is 32.6 Å². The van der Waals surface area contributed by atoms with Crippen molar-refractivity contribution in [3.8, 4) is 6.07 Å². The minimum absolute atomic E-state index is 0.298. The molecule has 0 radical (unpaired) electrons. The van der Waals surface area contributed by atoms with E-state index in [-0.39, 0.29) is 0 Å². The van der Waals surface area contributed by atoms with Gasteiger partial charge < -0.3 is 20.1 Å². The van der Waals surface area contributed by atoms with Crippen LogP contribution >= 0.6 is 15.9 Å². The van der Waals surface area contributed by atoms with Gasteiger partial charge in [0.15, 0.2) is 6.23 Å². The fourth-order valence-electron chi connectivity index (χ4n) is 3.03. The van der Waals surface area contributed by atoms with E-state index in [0.29, 0.717) is 26.8 Å². The minimum atomic E-state index is -1.28. The Bertz CT molecular complexity index is 977. The first-order valence-corrected chi connectivity index (χ1v) is 7.91. The zero-order valence-corrected chi connectivity index (χ0v) is 13.7. The van der Waals surface area contributed by atoms with E-state index in [1.165, 1.54) is 10.9 Å². The predicted molar refractivity (Wildman–Crippen MR) is 83.9 cm³/mol. The van der Waals surface area contributed by atoms with Gasteiger partial charge in [0, 0.05) is 12.4 Å². The van der Waals surface area contributed by atoms with Crippen LogP contribution in [0.5, 0.6) is 0 Å². The van der Waals surface area contributed by atoms with Crippen LogP contribution in [0.1, 0.15) is 11.8 Å². The van der Waals surface area contributed by atoms with E-state index in [1.807, 2.05) is 0 Å². The number of hydrogen-bond donors (Lipinski definition) is 3. The molecular weight excluding hydrogens is 382 g/mol. The van der Waals surface area contributed by atoms with Crippen LogP contribution in [0.15, 0.2) is 23.3 Å². The molecule has 0 aliphatic carbocycles. The largest absolute Gasteiger partial charge is 0.394 e. The molecule has 4 atom stereocenters. The summed E-state index contributed by atoms with van der Waals surface area (Å²) in [5, 5.41) is 39.6. The van der Waals surface area contributed by atoms with Crippen LogP contribution in [0.25, 0.3) is 16.7 Å². The van der Waals surface area contributed by atoms with Crippen molar-refractivity contribution in [1.82, 2.24) is 18.9 Å². The predicted octanol–water partition coefficient (Wildman–Crippen LogP) is -0.0703. The minimum Gasteiger partial charge on any atom is -0.394 e. The molecule has 0 amide bonds. The Labute approximate surface area is 143 Å². The molecule has 1 fully saturated rings. The number of halogens is 1. The second-order valence-electron chi connectivity index (χ2n) is 5.48. The third-order valence-electron chi connectivity index (χ3n) is 4.20. The van der Waals surface area contributed by atoms with E-state index in [4.69, 9.17) is 4.74 Å². The molecule has 24 heavy (non-hydrogen) atoms. The van der Waals surface area contributed by atoms with Crippen LogP contribution in [-0.2, 0) is 4.74 Å². The zero-order chi connectivity index (χ0) is 17.0. The Hall–Kier alpha value is -2.03. The number of imidazole rings is 1. The summed E-state index contributed by atoms with van der Waals surface area (Å²) in [6.07, 6.45) is 0.394.